The second-order valence-corrected chi connectivity index (χ2v) is 4.57. The molecule has 2 N–H and O–H groups in total. The summed E-state index contributed by atoms with van der Waals surface area (Å²) < 4.78 is 5.02. The lowest BCUT2D eigenvalue weighted by Gasteiger charge is -2.06. The van der Waals surface area contributed by atoms with E-state index in [0.717, 1.165) is 16.8 Å². The SMILES string of the molecule is COc1cc(/C=C/C(=O)Nc2ccccc2C)ccc1O. The molecule has 0 atom stereocenters. The number of aromatic hydroxyl groups is 1. The van der Waals surface area contributed by atoms with Crippen LogP contribution in [-0.2, 0) is 4.79 Å². The van der Waals surface area contributed by atoms with E-state index in [2.05, 4.69) is 5.32 Å². The lowest BCUT2D eigenvalue weighted by Crippen LogP contribution is -2.08. The molecule has 0 aromatic heterocycles. The standard InChI is InChI=1S/C17H17NO3/c1-12-5-3-4-6-14(12)18-17(20)10-8-13-7-9-15(19)16(11-13)21-2/h3-11,19H,1-2H3,(H,18,20)/b10-8+. The maximum absolute atomic E-state index is 11.9. The third kappa shape index (κ3) is 3.86. The van der Waals surface area contributed by atoms with E-state index in [9.17, 15) is 9.90 Å². The summed E-state index contributed by atoms with van der Waals surface area (Å²) in [6, 6.07) is 12.5. The van der Waals surface area contributed by atoms with Crippen LogP contribution in [0.15, 0.2) is 48.5 Å². The molecule has 2 aromatic carbocycles. The maximum Gasteiger partial charge on any atom is 0.248 e. The Morgan fingerprint density at radius 3 is 2.71 bits per heavy atom. The van der Waals surface area contributed by atoms with Gasteiger partial charge in [-0.1, -0.05) is 24.3 Å². The van der Waals surface area contributed by atoms with Gasteiger partial charge in [0.05, 0.1) is 7.11 Å². The minimum absolute atomic E-state index is 0.0685. The Kier molecular flexibility index (Phi) is 4.61. The van der Waals surface area contributed by atoms with Gasteiger partial charge < -0.3 is 15.2 Å². The summed E-state index contributed by atoms with van der Waals surface area (Å²) in [5.41, 5.74) is 2.56. The summed E-state index contributed by atoms with van der Waals surface area (Å²) in [7, 11) is 1.48. The molecule has 2 rings (SSSR count). The molecule has 2 aromatic rings. The number of rotatable bonds is 4. The molecule has 0 aliphatic carbocycles. The van der Waals surface area contributed by atoms with Crippen LogP contribution in [0.5, 0.6) is 11.5 Å². The van der Waals surface area contributed by atoms with Crippen LogP contribution >= 0.6 is 0 Å². The molecule has 0 saturated heterocycles. The minimum atomic E-state index is -0.212. The fourth-order valence-electron chi connectivity index (χ4n) is 1.86. The van der Waals surface area contributed by atoms with Gasteiger partial charge in [-0.3, -0.25) is 4.79 Å². The number of methoxy groups -OCH3 is 1. The molecule has 4 heteroatoms. The van der Waals surface area contributed by atoms with E-state index < -0.39 is 0 Å². The molecule has 0 saturated carbocycles. The molecule has 21 heavy (non-hydrogen) atoms. The van der Waals surface area contributed by atoms with Crippen molar-refractivity contribution in [1.82, 2.24) is 0 Å². The van der Waals surface area contributed by atoms with Crippen molar-refractivity contribution in [1.29, 1.82) is 0 Å². The average molecular weight is 283 g/mol. The Labute approximate surface area is 123 Å². The second kappa shape index (κ2) is 6.61. The van der Waals surface area contributed by atoms with Crippen LogP contribution in [0.1, 0.15) is 11.1 Å². The van der Waals surface area contributed by atoms with Crippen LogP contribution in [0.4, 0.5) is 5.69 Å². The Morgan fingerprint density at radius 2 is 2.00 bits per heavy atom. The summed E-state index contributed by atoms with van der Waals surface area (Å²) in [5.74, 6) is 0.229. The van der Waals surface area contributed by atoms with Crippen molar-refractivity contribution < 1.29 is 14.6 Å². The van der Waals surface area contributed by atoms with E-state index in [1.165, 1.54) is 19.3 Å². The molecule has 0 fully saturated rings. The van der Waals surface area contributed by atoms with Crippen molar-refractivity contribution in [3.05, 3.63) is 59.7 Å². The zero-order valence-corrected chi connectivity index (χ0v) is 12.0. The molecule has 0 radical (unpaired) electrons. The number of para-hydroxylation sites is 1. The van der Waals surface area contributed by atoms with Gasteiger partial charge in [0.25, 0.3) is 0 Å². The first-order valence-corrected chi connectivity index (χ1v) is 6.52. The van der Waals surface area contributed by atoms with E-state index in [1.54, 1.807) is 18.2 Å². The van der Waals surface area contributed by atoms with Crippen molar-refractivity contribution in [2.24, 2.45) is 0 Å². The Balaban J connectivity index is 2.07. The number of nitrogens with one attached hydrogen (secondary N) is 1. The minimum Gasteiger partial charge on any atom is -0.504 e. The first-order chi connectivity index (χ1) is 10.1. The van der Waals surface area contributed by atoms with E-state index in [1.807, 2.05) is 31.2 Å². The lowest BCUT2D eigenvalue weighted by atomic mass is 10.2. The molecule has 0 aliphatic rings. The van der Waals surface area contributed by atoms with Crippen molar-refractivity contribution in [2.75, 3.05) is 12.4 Å². The highest BCUT2D eigenvalue weighted by molar-refractivity contribution is 6.02. The fourth-order valence-corrected chi connectivity index (χ4v) is 1.86. The Bertz CT molecular complexity index is 677. The van der Waals surface area contributed by atoms with Crippen molar-refractivity contribution in [3.63, 3.8) is 0 Å². The maximum atomic E-state index is 11.9. The fraction of sp³-hybridized carbons (Fsp3) is 0.118. The van der Waals surface area contributed by atoms with Gasteiger partial charge in [-0.2, -0.15) is 0 Å². The Hall–Kier alpha value is -2.75. The number of carbonyl (C=O) groups is 1. The third-order valence-corrected chi connectivity index (χ3v) is 3.03. The predicted octanol–water partition coefficient (Wildman–Crippen LogP) is 3.36. The molecule has 0 bridgehead atoms. The van der Waals surface area contributed by atoms with E-state index in [4.69, 9.17) is 4.74 Å². The quantitative estimate of drug-likeness (QED) is 0.846. The monoisotopic (exact) mass is 283 g/mol. The van der Waals surface area contributed by atoms with Crippen LogP contribution in [0.25, 0.3) is 6.08 Å². The summed E-state index contributed by atoms with van der Waals surface area (Å²) in [4.78, 5) is 11.9. The van der Waals surface area contributed by atoms with Crippen LogP contribution in [-0.4, -0.2) is 18.1 Å². The molecule has 0 unspecified atom stereocenters. The van der Waals surface area contributed by atoms with E-state index in [-0.39, 0.29) is 11.7 Å². The zero-order chi connectivity index (χ0) is 15.2. The Morgan fingerprint density at radius 1 is 1.24 bits per heavy atom. The number of carbonyl (C=O) groups excluding carboxylic acids is 1. The highest BCUT2D eigenvalue weighted by Crippen LogP contribution is 2.26. The molecular weight excluding hydrogens is 266 g/mol. The van der Waals surface area contributed by atoms with Gasteiger partial charge in [0.1, 0.15) is 0 Å². The summed E-state index contributed by atoms with van der Waals surface area (Å²) in [6.45, 7) is 1.93. The molecule has 108 valence electrons. The van der Waals surface area contributed by atoms with E-state index >= 15 is 0 Å². The van der Waals surface area contributed by atoms with Crippen molar-refractivity contribution >= 4 is 17.7 Å². The van der Waals surface area contributed by atoms with Gasteiger partial charge in [0.2, 0.25) is 5.91 Å². The predicted molar refractivity (Wildman–Crippen MR) is 83.5 cm³/mol. The highest BCUT2D eigenvalue weighted by Gasteiger charge is 2.02. The van der Waals surface area contributed by atoms with Crippen LogP contribution in [0.3, 0.4) is 0 Å². The normalized spacial score (nSPS) is 10.6. The first-order valence-electron chi connectivity index (χ1n) is 6.52. The molecule has 0 aliphatic heterocycles. The third-order valence-electron chi connectivity index (χ3n) is 3.03. The number of benzene rings is 2. The van der Waals surface area contributed by atoms with Crippen LogP contribution < -0.4 is 10.1 Å². The average Bonchev–Trinajstić information content (AvgIpc) is 2.49. The van der Waals surface area contributed by atoms with Crippen LogP contribution in [0.2, 0.25) is 0 Å². The number of phenols is 1. The van der Waals surface area contributed by atoms with Gasteiger partial charge in [0.15, 0.2) is 11.5 Å². The number of hydrogen-bond acceptors (Lipinski definition) is 3. The van der Waals surface area contributed by atoms with Gasteiger partial charge in [0, 0.05) is 11.8 Å². The largest absolute Gasteiger partial charge is 0.504 e. The van der Waals surface area contributed by atoms with Gasteiger partial charge in [-0.25, -0.2) is 0 Å². The zero-order valence-electron chi connectivity index (χ0n) is 12.0. The van der Waals surface area contributed by atoms with Crippen LogP contribution in [0, 0.1) is 6.92 Å². The highest BCUT2D eigenvalue weighted by atomic mass is 16.5. The summed E-state index contributed by atoms with van der Waals surface area (Å²) in [6.07, 6.45) is 3.10. The molecular formula is C17H17NO3. The lowest BCUT2D eigenvalue weighted by molar-refractivity contribution is -0.111. The first kappa shape index (κ1) is 14.7. The van der Waals surface area contributed by atoms with E-state index in [0.29, 0.717) is 5.75 Å². The summed E-state index contributed by atoms with van der Waals surface area (Å²) in [5, 5.41) is 12.3. The van der Waals surface area contributed by atoms with Gasteiger partial charge in [-0.15, -0.1) is 0 Å². The number of ether oxygens (including phenoxy) is 1. The number of anilines is 1. The topological polar surface area (TPSA) is 58.6 Å². The summed E-state index contributed by atoms with van der Waals surface area (Å²) >= 11 is 0. The second-order valence-electron chi connectivity index (χ2n) is 4.57. The number of amides is 1. The molecule has 1 amide bonds. The number of aryl methyl sites for hydroxylation is 1. The smallest absolute Gasteiger partial charge is 0.248 e. The number of phenolic OH excluding ortho intramolecular Hbond substituents is 1. The van der Waals surface area contributed by atoms with Crippen molar-refractivity contribution in [3.8, 4) is 11.5 Å². The van der Waals surface area contributed by atoms with Gasteiger partial charge in [-0.05, 0) is 42.3 Å². The molecule has 4 nitrogen and oxygen atoms in total. The molecule has 0 heterocycles. The number of hydrogen-bond donors (Lipinski definition) is 2. The van der Waals surface area contributed by atoms with Crippen molar-refractivity contribution in [2.45, 2.75) is 6.92 Å². The van der Waals surface area contributed by atoms with Gasteiger partial charge >= 0.3 is 0 Å². The molecule has 0 spiro atoms.